The molecule has 94 valence electrons. The van der Waals surface area contributed by atoms with Crippen molar-refractivity contribution in [2.45, 2.75) is 26.2 Å². The van der Waals surface area contributed by atoms with Gasteiger partial charge in [-0.1, -0.05) is 19.8 Å². The summed E-state index contributed by atoms with van der Waals surface area (Å²) in [6, 6.07) is 5.18. The zero-order valence-corrected chi connectivity index (χ0v) is 10.5. The van der Waals surface area contributed by atoms with Gasteiger partial charge in [0.15, 0.2) is 0 Å². The van der Waals surface area contributed by atoms with E-state index in [1.165, 1.54) is 25.5 Å². The molecule has 2 atom stereocenters. The molecule has 0 radical (unpaired) electrons. The summed E-state index contributed by atoms with van der Waals surface area (Å²) >= 11 is 0. The van der Waals surface area contributed by atoms with Crippen molar-refractivity contribution in [1.29, 1.82) is 5.26 Å². The van der Waals surface area contributed by atoms with E-state index in [0.717, 1.165) is 6.54 Å². The van der Waals surface area contributed by atoms with Crippen molar-refractivity contribution in [3.63, 3.8) is 0 Å². The van der Waals surface area contributed by atoms with Crippen LogP contribution in [-0.4, -0.2) is 17.4 Å². The maximum Gasteiger partial charge on any atom is 0.269 e. The van der Waals surface area contributed by atoms with Crippen molar-refractivity contribution in [3.8, 4) is 6.07 Å². The number of hydrogen-bond acceptors (Lipinski definition) is 3. The summed E-state index contributed by atoms with van der Waals surface area (Å²) < 4.78 is 0. The Hall–Kier alpha value is -1.89. The van der Waals surface area contributed by atoms with Crippen molar-refractivity contribution in [3.05, 3.63) is 29.6 Å². The molecule has 1 aliphatic rings. The highest BCUT2D eigenvalue weighted by Gasteiger charge is 2.23. The number of rotatable bonds is 3. The molecule has 1 aromatic rings. The highest BCUT2D eigenvalue weighted by Crippen LogP contribution is 2.30. The third kappa shape index (κ3) is 2.86. The minimum atomic E-state index is -0.154. The van der Waals surface area contributed by atoms with Gasteiger partial charge in [-0.05, 0) is 30.4 Å². The number of amides is 1. The van der Waals surface area contributed by atoms with Gasteiger partial charge in [0.2, 0.25) is 0 Å². The van der Waals surface area contributed by atoms with Crippen molar-refractivity contribution < 1.29 is 4.79 Å². The monoisotopic (exact) mass is 243 g/mol. The molecular weight excluding hydrogens is 226 g/mol. The Morgan fingerprint density at radius 3 is 2.94 bits per heavy atom. The first-order valence-corrected chi connectivity index (χ1v) is 6.35. The number of nitrogens with zero attached hydrogens (tertiary/aromatic N) is 2. The summed E-state index contributed by atoms with van der Waals surface area (Å²) in [6.45, 7) is 2.96. The molecule has 0 saturated heterocycles. The molecule has 1 N–H and O–H groups in total. The van der Waals surface area contributed by atoms with Gasteiger partial charge in [-0.15, -0.1) is 0 Å². The van der Waals surface area contributed by atoms with Gasteiger partial charge in [0.05, 0.1) is 5.56 Å². The first kappa shape index (κ1) is 12.6. The van der Waals surface area contributed by atoms with Gasteiger partial charge in [0, 0.05) is 12.7 Å². The van der Waals surface area contributed by atoms with Gasteiger partial charge < -0.3 is 5.32 Å². The summed E-state index contributed by atoms with van der Waals surface area (Å²) in [4.78, 5) is 15.8. The summed E-state index contributed by atoms with van der Waals surface area (Å²) in [7, 11) is 0. The van der Waals surface area contributed by atoms with E-state index in [9.17, 15) is 4.79 Å². The fourth-order valence-electron chi connectivity index (χ4n) is 2.43. The third-order valence-electron chi connectivity index (χ3n) is 3.69. The summed E-state index contributed by atoms with van der Waals surface area (Å²) in [5, 5.41) is 11.6. The average molecular weight is 243 g/mol. The molecule has 0 aromatic carbocycles. The lowest BCUT2D eigenvalue weighted by Gasteiger charge is -2.15. The van der Waals surface area contributed by atoms with E-state index < -0.39 is 0 Å². The topological polar surface area (TPSA) is 65.8 Å². The minimum absolute atomic E-state index is 0.154. The van der Waals surface area contributed by atoms with E-state index >= 15 is 0 Å². The van der Waals surface area contributed by atoms with Crippen LogP contribution in [0.3, 0.4) is 0 Å². The zero-order valence-electron chi connectivity index (χ0n) is 10.5. The van der Waals surface area contributed by atoms with Crippen LogP contribution in [0.15, 0.2) is 18.3 Å². The van der Waals surface area contributed by atoms with Crippen LogP contribution in [0, 0.1) is 23.2 Å². The van der Waals surface area contributed by atoms with E-state index in [0.29, 0.717) is 23.1 Å². The summed E-state index contributed by atoms with van der Waals surface area (Å²) in [5.74, 6) is 1.13. The van der Waals surface area contributed by atoms with Gasteiger partial charge in [-0.2, -0.15) is 5.26 Å². The van der Waals surface area contributed by atoms with E-state index in [1.807, 2.05) is 6.07 Å². The molecule has 1 saturated carbocycles. The van der Waals surface area contributed by atoms with Crippen LogP contribution in [-0.2, 0) is 0 Å². The molecule has 1 amide bonds. The maximum absolute atomic E-state index is 11.9. The van der Waals surface area contributed by atoms with Crippen LogP contribution < -0.4 is 5.32 Å². The molecule has 1 aromatic heterocycles. The van der Waals surface area contributed by atoms with Gasteiger partial charge in [-0.25, -0.2) is 4.98 Å². The molecular formula is C14H17N3O. The van der Waals surface area contributed by atoms with Crippen LogP contribution in [0.2, 0.25) is 0 Å². The SMILES string of the molecule is CC1CCCC1CNC(=O)c1ccc(C#N)cn1. The number of nitrogens with one attached hydrogen (secondary N) is 1. The fraction of sp³-hybridized carbons (Fsp3) is 0.500. The summed E-state index contributed by atoms with van der Waals surface area (Å²) in [5.41, 5.74) is 0.843. The Morgan fingerprint density at radius 2 is 2.39 bits per heavy atom. The normalized spacial score (nSPS) is 22.4. The Balaban J connectivity index is 1.89. The van der Waals surface area contributed by atoms with Gasteiger partial charge >= 0.3 is 0 Å². The molecule has 1 aliphatic carbocycles. The average Bonchev–Trinajstić information content (AvgIpc) is 2.81. The fourth-order valence-corrected chi connectivity index (χ4v) is 2.43. The maximum atomic E-state index is 11.9. The quantitative estimate of drug-likeness (QED) is 0.884. The van der Waals surface area contributed by atoms with Crippen molar-refractivity contribution in [1.82, 2.24) is 10.3 Å². The predicted octanol–water partition coefficient (Wildman–Crippen LogP) is 2.12. The van der Waals surface area contributed by atoms with Crippen LogP contribution >= 0.6 is 0 Å². The lowest BCUT2D eigenvalue weighted by atomic mass is 9.98. The lowest BCUT2D eigenvalue weighted by molar-refractivity contribution is 0.0939. The standard InChI is InChI=1S/C14H17N3O/c1-10-3-2-4-12(10)9-17-14(18)13-6-5-11(7-15)8-16-13/h5-6,8,10,12H,2-4,9H2,1H3,(H,17,18). The lowest BCUT2D eigenvalue weighted by Crippen LogP contribution is -2.30. The third-order valence-corrected chi connectivity index (χ3v) is 3.69. The smallest absolute Gasteiger partial charge is 0.269 e. The molecule has 0 spiro atoms. The number of nitriles is 1. The Labute approximate surface area is 107 Å². The second-order valence-electron chi connectivity index (χ2n) is 4.92. The number of aromatic nitrogens is 1. The highest BCUT2D eigenvalue weighted by molar-refractivity contribution is 5.92. The van der Waals surface area contributed by atoms with Crippen LogP contribution in [0.4, 0.5) is 0 Å². The van der Waals surface area contributed by atoms with Crippen LogP contribution in [0.1, 0.15) is 42.2 Å². The number of hydrogen-bond donors (Lipinski definition) is 1. The van der Waals surface area contributed by atoms with E-state index in [1.54, 1.807) is 12.1 Å². The van der Waals surface area contributed by atoms with E-state index in [-0.39, 0.29) is 5.91 Å². The van der Waals surface area contributed by atoms with Gasteiger partial charge in [-0.3, -0.25) is 4.79 Å². The molecule has 0 bridgehead atoms. The van der Waals surface area contributed by atoms with Crippen LogP contribution in [0.25, 0.3) is 0 Å². The molecule has 0 aliphatic heterocycles. The van der Waals surface area contributed by atoms with Crippen LogP contribution in [0.5, 0.6) is 0 Å². The largest absolute Gasteiger partial charge is 0.350 e. The zero-order chi connectivity index (χ0) is 13.0. The van der Waals surface area contributed by atoms with Crippen molar-refractivity contribution in [2.75, 3.05) is 6.54 Å². The minimum Gasteiger partial charge on any atom is -0.350 e. The Bertz CT molecular complexity index is 461. The molecule has 4 nitrogen and oxygen atoms in total. The molecule has 1 fully saturated rings. The second kappa shape index (κ2) is 5.63. The van der Waals surface area contributed by atoms with Crippen molar-refractivity contribution >= 4 is 5.91 Å². The van der Waals surface area contributed by atoms with Crippen molar-refractivity contribution in [2.24, 2.45) is 11.8 Å². The van der Waals surface area contributed by atoms with E-state index in [2.05, 4.69) is 17.2 Å². The first-order chi connectivity index (χ1) is 8.70. The summed E-state index contributed by atoms with van der Waals surface area (Å²) in [6.07, 6.45) is 5.14. The second-order valence-corrected chi connectivity index (χ2v) is 4.92. The first-order valence-electron chi connectivity index (χ1n) is 6.35. The Morgan fingerprint density at radius 1 is 1.56 bits per heavy atom. The molecule has 18 heavy (non-hydrogen) atoms. The Kier molecular flexibility index (Phi) is 3.93. The predicted molar refractivity (Wildman–Crippen MR) is 67.8 cm³/mol. The van der Waals surface area contributed by atoms with Gasteiger partial charge in [0.1, 0.15) is 11.8 Å². The highest BCUT2D eigenvalue weighted by atomic mass is 16.1. The molecule has 1 heterocycles. The van der Waals surface area contributed by atoms with Gasteiger partial charge in [0.25, 0.3) is 5.91 Å². The molecule has 2 rings (SSSR count). The number of carbonyl (C=O) groups is 1. The number of carbonyl (C=O) groups excluding carboxylic acids is 1. The number of pyridine rings is 1. The molecule has 2 unspecified atom stereocenters. The molecule has 4 heteroatoms. The van der Waals surface area contributed by atoms with E-state index in [4.69, 9.17) is 5.26 Å².